The van der Waals surface area contributed by atoms with Crippen LogP contribution < -0.4 is 5.73 Å². The molecular weight excluding hydrogens is 86.1 g/mol. The molecule has 0 aromatic heterocycles. The second kappa shape index (κ2) is 3.88. The lowest BCUT2D eigenvalue weighted by Crippen LogP contribution is -2.09. The van der Waals surface area contributed by atoms with Crippen LogP contribution in [0.5, 0.6) is 0 Å². The van der Waals surface area contributed by atoms with Gasteiger partial charge in [-0.25, -0.2) is 0 Å². The van der Waals surface area contributed by atoms with Crippen LogP contribution in [0, 0.1) is 0 Å². The van der Waals surface area contributed by atoms with E-state index < -0.39 is 0 Å². The summed E-state index contributed by atoms with van der Waals surface area (Å²) in [5.41, 5.74) is 5.39. The molecule has 0 fully saturated rings. The van der Waals surface area contributed by atoms with Gasteiger partial charge in [0.15, 0.2) is 0 Å². The summed E-state index contributed by atoms with van der Waals surface area (Å²) in [6.45, 7) is 4.06. The van der Waals surface area contributed by atoms with Gasteiger partial charge < -0.3 is 5.73 Å². The highest BCUT2D eigenvalue weighted by molar-refractivity contribution is 4.87. The van der Waals surface area contributed by atoms with Crippen LogP contribution in [0.25, 0.3) is 0 Å². The van der Waals surface area contributed by atoms with Crippen molar-refractivity contribution in [1.29, 1.82) is 0 Å². The molecule has 0 aromatic rings. The number of nitrogens with two attached hydrogens (primary N) is 1. The maximum Gasteiger partial charge on any atom is 0.0194 e. The molecule has 2 N–H and O–H groups in total. The van der Waals surface area contributed by atoms with Crippen LogP contribution >= 0.6 is 0 Å². The van der Waals surface area contributed by atoms with E-state index in [1.54, 1.807) is 0 Å². The second-order valence-electron chi connectivity index (χ2n) is 1.70. The molecule has 7 heavy (non-hydrogen) atoms. The Bertz CT molecular complexity index is 55.2. The normalized spacial score (nSPS) is 15.3. The summed E-state index contributed by atoms with van der Waals surface area (Å²) in [6.07, 6.45) is 5.16. The lowest BCUT2D eigenvalue weighted by atomic mass is 10.3. The standard InChI is InChI=1S/C6H13N/c1-3-4-5-6(2)7/h4-6H,3,7H2,1-2H3/b5-4+. The van der Waals surface area contributed by atoms with Gasteiger partial charge in [-0.15, -0.1) is 0 Å². The molecule has 1 heteroatoms. The number of hydrogen-bond donors (Lipinski definition) is 1. The Labute approximate surface area is 45.2 Å². The summed E-state index contributed by atoms with van der Waals surface area (Å²) in [7, 11) is 0. The lowest BCUT2D eigenvalue weighted by molar-refractivity contribution is 0.918. The van der Waals surface area contributed by atoms with E-state index in [0.717, 1.165) is 6.42 Å². The van der Waals surface area contributed by atoms with E-state index in [1.165, 1.54) is 0 Å². The molecule has 1 nitrogen and oxygen atoms in total. The quantitative estimate of drug-likeness (QED) is 0.519. The van der Waals surface area contributed by atoms with Crippen LogP contribution in [-0.2, 0) is 0 Å². The van der Waals surface area contributed by atoms with Crippen LogP contribution in [-0.4, -0.2) is 6.04 Å². The van der Waals surface area contributed by atoms with Gasteiger partial charge in [0.1, 0.15) is 0 Å². The second-order valence-corrected chi connectivity index (χ2v) is 1.70. The summed E-state index contributed by atoms with van der Waals surface area (Å²) in [5.74, 6) is 0. The highest BCUT2D eigenvalue weighted by Gasteiger charge is 1.78. The fourth-order valence-electron chi connectivity index (χ4n) is 0.351. The maximum atomic E-state index is 5.39. The molecule has 0 rings (SSSR count). The van der Waals surface area contributed by atoms with Crippen LogP contribution in [0.3, 0.4) is 0 Å². The molecule has 1 atom stereocenters. The Morgan fingerprint density at radius 3 is 2.43 bits per heavy atom. The topological polar surface area (TPSA) is 26.0 Å². The van der Waals surface area contributed by atoms with E-state index in [0.29, 0.717) is 0 Å². The van der Waals surface area contributed by atoms with Crippen LogP contribution in [0.4, 0.5) is 0 Å². The van der Waals surface area contributed by atoms with Crippen molar-refractivity contribution in [2.75, 3.05) is 0 Å². The molecule has 0 radical (unpaired) electrons. The molecule has 0 saturated carbocycles. The van der Waals surface area contributed by atoms with Crippen molar-refractivity contribution in [3.05, 3.63) is 12.2 Å². The molecule has 0 amide bonds. The molecule has 1 unspecified atom stereocenters. The summed E-state index contributed by atoms with van der Waals surface area (Å²) in [4.78, 5) is 0. The molecule has 0 spiro atoms. The minimum absolute atomic E-state index is 0.222. The first-order valence-electron chi connectivity index (χ1n) is 2.69. The van der Waals surface area contributed by atoms with Crippen molar-refractivity contribution >= 4 is 0 Å². The molecule has 0 saturated heterocycles. The molecule has 42 valence electrons. The third-order valence-corrected chi connectivity index (χ3v) is 0.675. The van der Waals surface area contributed by atoms with E-state index in [9.17, 15) is 0 Å². The average molecular weight is 99.2 g/mol. The lowest BCUT2D eigenvalue weighted by Gasteiger charge is -1.90. The summed E-state index contributed by atoms with van der Waals surface area (Å²) in [6, 6.07) is 0.222. The molecule has 0 aliphatic carbocycles. The van der Waals surface area contributed by atoms with Crippen molar-refractivity contribution in [2.24, 2.45) is 5.73 Å². The molecule has 0 bridgehead atoms. The van der Waals surface area contributed by atoms with Gasteiger partial charge in [-0.1, -0.05) is 19.1 Å². The molecule has 0 heterocycles. The third-order valence-electron chi connectivity index (χ3n) is 0.675. The predicted molar refractivity (Wildman–Crippen MR) is 33.1 cm³/mol. The summed E-state index contributed by atoms with van der Waals surface area (Å²) < 4.78 is 0. The fraction of sp³-hybridized carbons (Fsp3) is 0.667. The third kappa shape index (κ3) is 5.70. The first-order chi connectivity index (χ1) is 3.27. The molecule has 0 aliphatic rings. The van der Waals surface area contributed by atoms with E-state index >= 15 is 0 Å². The monoisotopic (exact) mass is 99.1 g/mol. The van der Waals surface area contributed by atoms with Crippen molar-refractivity contribution in [2.45, 2.75) is 26.3 Å². The Morgan fingerprint density at radius 1 is 1.71 bits per heavy atom. The van der Waals surface area contributed by atoms with Crippen LogP contribution in [0.1, 0.15) is 20.3 Å². The molecule has 0 aromatic carbocycles. The van der Waals surface area contributed by atoms with E-state index in [1.807, 2.05) is 13.0 Å². The summed E-state index contributed by atoms with van der Waals surface area (Å²) in [5, 5.41) is 0. The van der Waals surface area contributed by atoms with Crippen molar-refractivity contribution < 1.29 is 0 Å². The maximum absolute atomic E-state index is 5.39. The SMILES string of the molecule is CC/C=C/C(C)N. The number of rotatable bonds is 2. The van der Waals surface area contributed by atoms with Crippen molar-refractivity contribution in [3.8, 4) is 0 Å². The van der Waals surface area contributed by atoms with E-state index in [-0.39, 0.29) is 6.04 Å². The zero-order valence-electron chi connectivity index (χ0n) is 5.02. The zero-order chi connectivity index (χ0) is 5.70. The summed E-state index contributed by atoms with van der Waals surface area (Å²) >= 11 is 0. The molecular formula is C6H13N. The van der Waals surface area contributed by atoms with E-state index in [2.05, 4.69) is 13.0 Å². The van der Waals surface area contributed by atoms with Gasteiger partial charge in [-0.05, 0) is 13.3 Å². The van der Waals surface area contributed by atoms with Gasteiger partial charge in [-0.2, -0.15) is 0 Å². The van der Waals surface area contributed by atoms with Gasteiger partial charge >= 0.3 is 0 Å². The number of allylic oxidation sites excluding steroid dienone is 1. The molecule has 0 aliphatic heterocycles. The van der Waals surface area contributed by atoms with Gasteiger partial charge in [0.25, 0.3) is 0 Å². The predicted octanol–water partition coefficient (Wildman–Crippen LogP) is 1.30. The minimum Gasteiger partial charge on any atom is -0.325 e. The van der Waals surface area contributed by atoms with Crippen molar-refractivity contribution in [3.63, 3.8) is 0 Å². The smallest absolute Gasteiger partial charge is 0.0194 e. The number of hydrogen-bond acceptors (Lipinski definition) is 1. The Morgan fingerprint density at radius 2 is 2.29 bits per heavy atom. The van der Waals surface area contributed by atoms with Gasteiger partial charge in [-0.3, -0.25) is 0 Å². The fourth-order valence-corrected chi connectivity index (χ4v) is 0.351. The first-order valence-corrected chi connectivity index (χ1v) is 2.69. The van der Waals surface area contributed by atoms with Gasteiger partial charge in [0.2, 0.25) is 0 Å². The Hall–Kier alpha value is -0.300. The average Bonchev–Trinajstić information content (AvgIpc) is 1.61. The highest BCUT2D eigenvalue weighted by atomic mass is 14.6. The van der Waals surface area contributed by atoms with Crippen LogP contribution in [0.2, 0.25) is 0 Å². The minimum atomic E-state index is 0.222. The van der Waals surface area contributed by atoms with Gasteiger partial charge in [0.05, 0.1) is 0 Å². The van der Waals surface area contributed by atoms with E-state index in [4.69, 9.17) is 5.73 Å². The van der Waals surface area contributed by atoms with Crippen molar-refractivity contribution in [1.82, 2.24) is 0 Å². The Balaban J connectivity index is 3.08. The highest BCUT2D eigenvalue weighted by Crippen LogP contribution is 1.81. The first kappa shape index (κ1) is 6.70. The Kier molecular flexibility index (Phi) is 3.71. The van der Waals surface area contributed by atoms with Crippen LogP contribution in [0.15, 0.2) is 12.2 Å². The van der Waals surface area contributed by atoms with Gasteiger partial charge in [0, 0.05) is 6.04 Å². The largest absolute Gasteiger partial charge is 0.325 e. The zero-order valence-corrected chi connectivity index (χ0v) is 5.02.